The van der Waals surface area contributed by atoms with E-state index in [1.165, 1.54) is 12.1 Å². The minimum absolute atomic E-state index is 0.00859. The zero-order chi connectivity index (χ0) is 21.3. The van der Waals surface area contributed by atoms with Gasteiger partial charge >= 0.3 is 0 Å². The van der Waals surface area contributed by atoms with Crippen LogP contribution in [0, 0.1) is 11.3 Å². The van der Waals surface area contributed by atoms with Crippen molar-refractivity contribution >= 4 is 5.91 Å². The van der Waals surface area contributed by atoms with Gasteiger partial charge in [-0.05, 0) is 56.3 Å². The van der Waals surface area contributed by atoms with Gasteiger partial charge in [-0.25, -0.2) is 0 Å². The summed E-state index contributed by atoms with van der Waals surface area (Å²) in [7, 11) is 3.73. The first kappa shape index (κ1) is 19.6. The van der Waals surface area contributed by atoms with Crippen molar-refractivity contribution in [1.29, 1.82) is 5.26 Å². The summed E-state index contributed by atoms with van der Waals surface area (Å²) in [5.74, 6) is 0.622. The highest BCUT2D eigenvalue weighted by Gasteiger charge is 2.27. The molecule has 1 unspecified atom stereocenters. The second kappa shape index (κ2) is 7.97. The Labute approximate surface area is 173 Å². The molecule has 0 spiro atoms. The lowest BCUT2D eigenvalue weighted by molar-refractivity contribution is -0.122. The summed E-state index contributed by atoms with van der Waals surface area (Å²) < 4.78 is 5.41. The lowest BCUT2D eigenvalue weighted by atomic mass is 10.0. The van der Waals surface area contributed by atoms with Gasteiger partial charge in [0.2, 0.25) is 11.7 Å². The number of nitrogens with one attached hydrogen (secondary N) is 1. The van der Waals surface area contributed by atoms with Crippen LogP contribution >= 0.6 is 0 Å². The molecule has 1 aliphatic rings. The number of fused-ring (bicyclic) bond motifs is 1. The molecule has 2 N–H and O–H groups in total. The molecule has 1 heterocycles. The number of aromatic hydroxyl groups is 1. The second-order valence-corrected chi connectivity index (χ2v) is 7.54. The fourth-order valence-corrected chi connectivity index (χ4v) is 3.75. The van der Waals surface area contributed by atoms with Crippen LogP contribution in [0.15, 0.2) is 40.9 Å². The lowest BCUT2D eigenvalue weighted by Crippen LogP contribution is -2.35. The van der Waals surface area contributed by atoms with E-state index < -0.39 is 0 Å². The van der Waals surface area contributed by atoms with Gasteiger partial charge in [0.25, 0.3) is 5.89 Å². The molecule has 30 heavy (non-hydrogen) atoms. The molecular weight excluding hydrogens is 382 g/mol. The smallest absolute Gasteiger partial charge is 0.258 e. The van der Waals surface area contributed by atoms with E-state index in [2.05, 4.69) is 15.5 Å². The maximum atomic E-state index is 12.2. The number of rotatable bonds is 5. The molecule has 152 valence electrons. The third kappa shape index (κ3) is 3.75. The Bertz CT molecular complexity index is 1150. The Hall–Kier alpha value is -3.70. The second-order valence-electron chi connectivity index (χ2n) is 7.54. The van der Waals surface area contributed by atoms with Crippen LogP contribution < -0.4 is 5.32 Å². The topological polar surface area (TPSA) is 115 Å². The first-order valence-electron chi connectivity index (χ1n) is 9.59. The van der Waals surface area contributed by atoms with Crippen molar-refractivity contribution in [3.05, 3.63) is 53.1 Å². The Balaban J connectivity index is 1.61. The van der Waals surface area contributed by atoms with Crippen LogP contribution in [-0.4, -0.2) is 46.7 Å². The number of aromatic nitrogens is 2. The van der Waals surface area contributed by atoms with Crippen molar-refractivity contribution in [3.8, 4) is 34.7 Å². The number of nitrogens with zero attached hydrogens (tertiary/aromatic N) is 4. The van der Waals surface area contributed by atoms with E-state index in [0.717, 1.165) is 29.5 Å². The Morgan fingerprint density at radius 2 is 2.20 bits per heavy atom. The quantitative estimate of drug-likeness (QED) is 0.673. The number of phenolic OH excluding ortho intramolecular Hbond substituents is 1. The fourth-order valence-electron chi connectivity index (χ4n) is 3.75. The molecule has 1 atom stereocenters. The molecule has 0 radical (unpaired) electrons. The molecule has 0 saturated carbocycles. The van der Waals surface area contributed by atoms with Gasteiger partial charge in [-0.15, -0.1) is 0 Å². The maximum absolute atomic E-state index is 12.2. The SMILES string of the molecule is CN(C)CC(=O)NC1CCc2c(-c3noc(-c4ccc(O)c(C#N)c4)n3)cccc21. The summed E-state index contributed by atoms with van der Waals surface area (Å²) in [6.07, 6.45) is 1.62. The minimum atomic E-state index is -0.0933. The number of nitriles is 1. The van der Waals surface area contributed by atoms with Crippen LogP contribution in [0.25, 0.3) is 22.8 Å². The highest BCUT2D eigenvalue weighted by atomic mass is 16.5. The standard InChI is InChI=1S/C22H21N5O3/c1-27(2)12-20(29)24-18-8-7-15-16(18)4-3-5-17(15)21-25-22(30-26-21)13-6-9-19(28)14(10-13)11-23/h3-6,9-10,18,28H,7-8,12H2,1-2H3,(H,24,29). The minimum Gasteiger partial charge on any atom is -0.507 e. The van der Waals surface area contributed by atoms with E-state index in [1.807, 2.05) is 43.3 Å². The Morgan fingerprint density at radius 1 is 1.37 bits per heavy atom. The van der Waals surface area contributed by atoms with Gasteiger partial charge in [-0.2, -0.15) is 10.2 Å². The highest BCUT2D eigenvalue weighted by molar-refractivity contribution is 5.79. The molecule has 1 amide bonds. The fraction of sp³-hybridized carbons (Fsp3) is 0.273. The number of benzene rings is 2. The highest BCUT2D eigenvalue weighted by Crippen LogP contribution is 2.37. The van der Waals surface area contributed by atoms with Gasteiger partial charge in [0.15, 0.2) is 0 Å². The zero-order valence-electron chi connectivity index (χ0n) is 16.7. The molecule has 8 nitrogen and oxygen atoms in total. The Morgan fingerprint density at radius 3 is 2.97 bits per heavy atom. The first-order valence-corrected chi connectivity index (χ1v) is 9.59. The van der Waals surface area contributed by atoms with Gasteiger partial charge in [0.05, 0.1) is 18.2 Å². The van der Waals surface area contributed by atoms with E-state index in [9.17, 15) is 9.90 Å². The van der Waals surface area contributed by atoms with Gasteiger partial charge in [0, 0.05) is 11.1 Å². The maximum Gasteiger partial charge on any atom is 0.258 e. The van der Waals surface area contributed by atoms with Crippen LogP contribution in [-0.2, 0) is 11.2 Å². The summed E-state index contributed by atoms with van der Waals surface area (Å²) in [5.41, 5.74) is 3.74. The molecule has 0 saturated heterocycles. The van der Waals surface area contributed by atoms with E-state index >= 15 is 0 Å². The van der Waals surface area contributed by atoms with Crippen molar-refractivity contribution in [1.82, 2.24) is 20.4 Å². The van der Waals surface area contributed by atoms with Crippen LogP contribution in [0.3, 0.4) is 0 Å². The predicted octanol–water partition coefficient (Wildman–Crippen LogP) is 2.65. The van der Waals surface area contributed by atoms with Crippen LogP contribution in [0.1, 0.15) is 29.2 Å². The van der Waals surface area contributed by atoms with Crippen LogP contribution in [0.4, 0.5) is 0 Å². The molecule has 1 aromatic heterocycles. The third-order valence-corrected chi connectivity index (χ3v) is 5.10. The summed E-state index contributed by atoms with van der Waals surface area (Å²) in [6.45, 7) is 0.344. The monoisotopic (exact) mass is 403 g/mol. The molecule has 8 heteroatoms. The zero-order valence-corrected chi connectivity index (χ0v) is 16.7. The van der Waals surface area contributed by atoms with E-state index in [0.29, 0.717) is 17.9 Å². The number of hydrogen-bond donors (Lipinski definition) is 2. The van der Waals surface area contributed by atoms with Crippen molar-refractivity contribution in [2.24, 2.45) is 0 Å². The van der Waals surface area contributed by atoms with E-state index in [-0.39, 0.29) is 29.2 Å². The van der Waals surface area contributed by atoms with Crippen LogP contribution in [0.2, 0.25) is 0 Å². The lowest BCUT2D eigenvalue weighted by Gasteiger charge is -2.16. The van der Waals surface area contributed by atoms with E-state index in [4.69, 9.17) is 9.78 Å². The van der Waals surface area contributed by atoms with Crippen LogP contribution in [0.5, 0.6) is 5.75 Å². The first-order chi connectivity index (χ1) is 14.5. The number of phenols is 1. The average molecular weight is 403 g/mol. The van der Waals surface area contributed by atoms with E-state index in [1.54, 1.807) is 6.07 Å². The number of amides is 1. The van der Waals surface area contributed by atoms with Gasteiger partial charge < -0.3 is 19.8 Å². The summed E-state index contributed by atoms with van der Waals surface area (Å²) in [5, 5.41) is 26.0. The van der Waals surface area contributed by atoms with Crippen molar-refractivity contribution < 1.29 is 14.4 Å². The molecule has 4 rings (SSSR count). The molecule has 1 aliphatic carbocycles. The van der Waals surface area contributed by atoms with Crippen molar-refractivity contribution in [2.45, 2.75) is 18.9 Å². The van der Waals surface area contributed by atoms with Crippen molar-refractivity contribution in [3.63, 3.8) is 0 Å². The van der Waals surface area contributed by atoms with Crippen molar-refractivity contribution in [2.75, 3.05) is 20.6 Å². The molecule has 3 aromatic rings. The molecule has 0 fully saturated rings. The summed E-state index contributed by atoms with van der Waals surface area (Å²) in [6, 6.07) is 12.4. The van der Waals surface area contributed by atoms with Gasteiger partial charge in [0.1, 0.15) is 11.8 Å². The normalized spacial score (nSPS) is 15.1. The average Bonchev–Trinajstić information content (AvgIpc) is 3.35. The molecule has 2 aromatic carbocycles. The number of carbonyl (C=O) groups is 1. The molecular formula is C22H21N5O3. The van der Waals surface area contributed by atoms with Gasteiger partial charge in [-0.3, -0.25) is 4.79 Å². The predicted molar refractivity (Wildman–Crippen MR) is 109 cm³/mol. The number of carbonyl (C=O) groups excluding carboxylic acids is 1. The van der Waals surface area contributed by atoms with Gasteiger partial charge in [-0.1, -0.05) is 23.4 Å². The largest absolute Gasteiger partial charge is 0.507 e. The molecule has 0 bridgehead atoms. The third-order valence-electron chi connectivity index (χ3n) is 5.10. The number of likely N-dealkylation sites (N-methyl/N-ethyl adjacent to an activating group) is 1. The number of hydrogen-bond acceptors (Lipinski definition) is 7. The summed E-state index contributed by atoms with van der Waals surface area (Å²) in [4.78, 5) is 18.5. The molecule has 0 aliphatic heterocycles. The summed E-state index contributed by atoms with van der Waals surface area (Å²) >= 11 is 0. The Kier molecular flexibility index (Phi) is 5.21.